The summed E-state index contributed by atoms with van der Waals surface area (Å²) in [5.41, 5.74) is 1.27. The van der Waals surface area contributed by atoms with E-state index in [-0.39, 0.29) is 0 Å². The molecule has 0 aliphatic carbocycles. The van der Waals surface area contributed by atoms with E-state index in [0.717, 1.165) is 36.9 Å². The van der Waals surface area contributed by atoms with Gasteiger partial charge in [-0.15, -0.1) is 11.3 Å². The molecule has 0 aliphatic heterocycles. The second kappa shape index (κ2) is 8.81. The number of thiophene rings is 1. The van der Waals surface area contributed by atoms with Gasteiger partial charge in [0.05, 0.1) is 0 Å². The number of nitrogens with one attached hydrogen (secondary N) is 1. The molecule has 118 valence electrons. The summed E-state index contributed by atoms with van der Waals surface area (Å²) in [7, 11) is 3.90. The number of likely N-dealkylation sites (N-methyl/N-ethyl adjacent to an activating group) is 1. The van der Waals surface area contributed by atoms with E-state index < -0.39 is 0 Å². The van der Waals surface area contributed by atoms with E-state index in [9.17, 15) is 0 Å². The summed E-state index contributed by atoms with van der Waals surface area (Å²) >= 11 is 7.70. The Morgan fingerprint density at radius 1 is 1.23 bits per heavy atom. The minimum Gasteiger partial charge on any atom is -0.356 e. The number of nitrogens with zero attached hydrogens (tertiary/aromatic N) is 2. The third-order valence-electron chi connectivity index (χ3n) is 3.46. The summed E-state index contributed by atoms with van der Waals surface area (Å²) < 4.78 is 0. The van der Waals surface area contributed by atoms with Crippen LogP contribution in [0.3, 0.4) is 0 Å². The topological polar surface area (TPSA) is 27.6 Å². The highest BCUT2D eigenvalue weighted by Crippen LogP contribution is 2.10. The summed E-state index contributed by atoms with van der Waals surface area (Å²) in [4.78, 5) is 7.92. The van der Waals surface area contributed by atoms with Crippen molar-refractivity contribution < 1.29 is 0 Å². The molecule has 0 bridgehead atoms. The number of aliphatic imine (C=N–C) groups is 1. The molecule has 0 aliphatic rings. The molecule has 0 saturated heterocycles. The molecule has 2 rings (SSSR count). The van der Waals surface area contributed by atoms with Gasteiger partial charge in [0, 0.05) is 37.1 Å². The van der Waals surface area contributed by atoms with E-state index in [1.807, 2.05) is 19.2 Å². The molecule has 5 heteroatoms. The molecule has 0 fully saturated rings. The first-order valence-corrected chi connectivity index (χ1v) is 8.63. The van der Waals surface area contributed by atoms with Gasteiger partial charge in [-0.2, -0.15) is 0 Å². The first-order chi connectivity index (χ1) is 10.7. The van der Waals surface area contributed by atoms with Gasteiger partial charge in [0.15, 0.2) is 5.96 Å². The lowest BCUT2D eigenvalue weighted by atomic mass is 10.1. The maximum atomic E-state index is 5.90. The van der Waals surface area contributed by atoms with Gasteiger partial charge in [0.1, 0.15) is 0 Å². The molecule has 1 aromatic heterocycles. The van der Waals surface area contributed by atoms with Crippen LogP contribution in [-0.4, -0.2) is 38.0 Å². The minimum absolute atomic E-state index is 0.779. The van der Waals surface area contributed by atoms with Gasteiger partial charge in [0.25, 0.3) is 0 Å². The third-order valence-corrected chi connectivity index (χ3v) is 4.65. The number of hydrogen-bond acceptors (Lipinski definition) is 2. The fourth-order valence-electron chi connectivity index (χ4n) is 2.19. The van der Waals surface area contributed by atoms with Crippen LogP contribution in [0.1, 0.15) is 10.4 Å². The second-order valence-corrected chi connectivity index (χ2v) is 6.57. The largest absolute Gasteiger partial charge is 0.356 e. The van der Waals surface area contributed by atoms with Crippen molar-refractivity contribution in [3.8, 4) is 0 Å². The normalized spacial score (nSPS) is 11.5. The van der Waals surface area contributed by atoms with Crippen LogP contribution < -0.4 is 5.32 Å². The Balaban J connectivity index is 1.75. The summed E-state index contributed by atoms with van der Waals surface area (Å²) in [6.45, 7) is 1.82. The van der Waals surface area contributed by atoms with Gasteiger partial charge in [0.2, 0.25) is 0 Å². The van der Waals surface area contributed by atoms with Crippen molar-refractivity contribution in [3.63, 3.8) is 0 Å². The SMILES string of the molecule is CN=C(NCCc1ccc(Cl)cc1)N(C)CCc1cccs1. The number of rotatable bonds is 6. The van der Waals surface area contributed by atoms with Crippen molar-refractivity contribution in [1.82, 2.24) is 10.2 Å². The third kappa shape index (κ3) is 5.35. The Morgan fingerprint density at radius 3 is 2.64 bits per heavy atom. The lowest BCUT2D eigenvalue weighted by molar-refractivity contribution is 0.487. The van der Waals surface area contributed by atoms with Crippen LogP contribution in [0, 0.1) is 0 Å². The lowest BCUT2D eigenvalue weighted by Crippen LogP contribution is -2.40. The van der Waals surface area contributed by atoms with Gasteiger partial charge in [-0.25, -0.2) is 0 Å². The number of hydrogen-bond donors (Lipinski definition) is 1. The van der Waals surface area contributed by atoms with Gasteiger partial charge in [-0.1, -0.05) is 29.8 Å². The highest BCUT2D eigenvalue weighted by atomic mass is 35.5. The van der Waals surface area contributed by atoms with Crippen molar-refractivity contribution in [3.05, 3.63) is 57.2 Å². The second-order valence-electron chi connectivity index (χ2n) is 5.10. The van der Waals surface area contributed by atoms with E-state index in [4.69, 9.17) is 11.6 Å². The smallest absolute Gasteiger partial charge is 0.193 e. The van der Waals surface area contributed by atoms with Gasteiger partial charge >= 0.3 is 0 Å². The van der Waals surface area contributed by atoms with Gasteiger partial charge < -0.3 is 10.2 Å². The number of halogens is 1. The minimum atomic E-state index is 0.779. The highest BCUT2D eigenvalue weighted by Gasteiger charge is 2.06. The molecule has 0 unspecified atom stereocenters. The summed E-state index contributed by atoms with van der Waals surface area (Å²) in [6, 6.07) is 12.3. The van der Waals surface area contributed by atoms with Crippen LogP contribution >= 0.6 is 22.9 Å². The average molecular weight is 336 g/mol. The van der Waals surface area contributed by atoms with Gasteiger partial charge in [-0.3, -0.25) is 4.99 Å². The molecule has 3 nitrogen and oxygen atoms in total. The van der Waals surface area contributed by atoms with Crippen molar-refractivity contribution in [2.75, 3.05) is 27.2 Å². The van der Waals surface area contributed by atoms with Crippen LogP contribution in [0.5, 0.6) is 0 Å². The van der Waals surface area contributed by atoms with Crippen LogP contribution in [0.25, 0.3) is 0 Å². The summed E-state index contributed by atoms with van der Waals surface area (Å²) in [5, 5.41) is 6.31. The van der Waals surface area contributed by atoms with Crippen molar-refractivity contribution in [2.45, 2.75) is 12.8 Å². The van der Waals surface area contributed by atoms with Crippen LogP contribution in [0.4, 0.5) is 0 Å². The summed E-state index contributed by atoms with van der Waals surface area (Å²) in [5.74, 6) is 0.936. The molecule has 0 spiro atoms. The Labute approximate surface area is 141 Å². The Bertz CT molecular complexity index is 578. The zero-order valence-electron chi connectivity index (χ0n) is 13.1. The molecule has 1 heterocycles. The molecule has 0 atom stereocenters. The first kappa shape index (κ1) is 16.8. The zero-order valence-corrected chi connectivity index (χ0v) is 14.6. The maximum Gasteiger partial charge on any atom is 0.193 e. The standard InChI is InChI=1S/C17H22ClN3S/c1-19-17(21(2)12-10-16-4-3-13-22-16)20-11-9-14-5-7-15(18)8-6-14/h3-8,13H,9-12H2,1-2H3,(H,19,20). The van der Waals surface area contributed by atoms with E-state index >= 15 is 0 Å². The van der Waals surface area contributed by atoms with Crippen LogP contribution in [0.2, 0.25) is 5.02 Å². The maximum absolute atomic E-state index is 5.90. The quantitative estimate of drug-likeness (QED) is 0.644. The molecular weight excluding hydrogens is 314 g/mol. The van der Waals surface area contributed by atoms with E-state index in [0.29, 0.717) is 0 Å². The Hall–Kier alpha value is -1.52. The zero-order chi connectivity index (χ0) is 15.8. The predicted molar refractivity (Wildman–Crippen MR) is 97.2 cm³/mol. The lowest BCUT2D eigenvalue weighted by Gasteiger charge is -2.21. The van der Waals surface area contributed by atoms with Gasteiger partial charge in [-0.05, 0) is 42.0 Å². The fourth-order valence-corrected chi connectivity index (χ4v) is 3.02. The van der Waals surface area contributed by atoms with E-state index in [1.54, 1.807) is 11.3 Å². The molecule has 22 heavy (non-hydrogen) atoms. The molecular formula is C17H22ClN3S. The average Bonchev–Trinajstić information content (AvgIpc) is 3.04. The Morgan fingerprint density at radius 2 is 2.00 bits per heavy atom. The first-order valence-electron chi connectivity index (χ1n) is 7.37. The fraction of sp³-hybridized carbons (Fsp3) is 0.353. The van der Waals surface area contributed by atoms with Crippen molar-refractivity contribution in [2.24, 2.45) is 4.99 Å². The molecule has 1 aromatic carbocycles. The number of guanidine groups is 1. The molecule has 1 N–H and O–H groups in total. The Kier molecular flexibility index (Phi) is 6.74. The number of benzene rings is 1. The predicted octanol–water partition coefficient (Wildman–Crippen LogP) is 3.69. The molecule has 0 radical (unpaired) electrons. The highest BCUT2D eigenvalue weighted by molar-refractivity contribution is 7.09. The van der Waals surface area contributed by atoms with Crippen LogP contribution in [-0.2, 0) is 12.8 Å². The molecule has 2 aromatic rings. The molecule has 0 saturated carbocycles. The van der Waals surface area contributed by atoms with E-state index in [1.165, 1.54) is 10.4 Å². The monoisotopic (exact) mass is 335 g/mol. The van der Waals surface area contributed by atoms with Crippen LogP contribution in [0.15, 0.2) is 46.8 Å². The molecule has 0 amide bonds. The van der Waals surface area contributed by atoms with Crippen molar-refractivity contribution in [1.29, 1.82) is 0 Å². The van der Waals surface area contributed by atoms with Crippen molar-refractivity contribution >= 4 is 28.9 Å². The van der Waals surface area contributed by atoms with E-state index in [2.05, 4.69) is 51.9 Å². The summed E-state index contributed by atoms with van der Waals surface area (Å²) in [6.07, 6.45) is 2.00.